The number of hydrogen-bond acceptors (Lipinski definition) is 4. The summed E-state index contributed by atoms with van der Waals surface area (Å²) in [5.74, 6) is -0.0829. The second kappa shape index (κ2) is 6.71. The number of carbonyl (C=O) groups excluding carboxylic acids is 1. The molecule has 0 radical (unpaired) electrons. The molecule has 0 atom stereocenters. The Balaban J connectivity index is 1.65. The zero-order valence-corrected chi connectivity index (χ0v) is 13.9. The van der Waals surface area contributed by atoms with Gasteiger partial charge in [0.15, 0.2) is 0 Å². The predicted molar refractivity (Wildman–Crippen MR) is 93.6 cm³/mol. The molecule has 116 valence electrons. The lowest BCUT2D eigenvalue weighted by Gasteiger charge is -2.02. The van der Waals surface area contributed by atoms with Crippen LogP contribution in [0.4, 0.5) is 5.13 Å². The molecule has 0 aliphatic rings. The zero-order valence-electron chi connectivity index (χ0n) is 13.0. The van der Waals surface area contributed by atoms with Crippen molar-refractivity contribution < 1.29 is 4.79 Å². The highest BCUT2D eigenvalue weighted by Gasteiger charge is 2.10. The largest absolute Gasteiger partial charge is 0.300 e. The Bertz CT molecular complexity index is 807. The highest BCUT2D eigenvalue weighted by atomic mass is 32.1. The number of nitrogens with one attached hydrogen (secondary N) is 1. The topological polar surface area (TPSA) is 54.9 Å². The fourth-order valence-corrected chi connectivity index (χ4v) is 2.91. The Morgan fingerprint density at radius 2 is 1.57 bits per heavy atom. The van der Waals surface area contributed by atoms with Crippen molar-refractivity contribution in [2.75, 3.05) is 5.32 Å². The van der Waals surface area contributed by atoms with Crippen molar-refractivity contribution in [2.45, 2.75) is 20.3 Å². The van der Waals surface area contributed by atoms with Gasteiger partial charge in [0.2, 0.25) is 11.0 Å². The Labute approximate surface area is 139 Å². The fourth-order valence-electron chi connectivity index (χ4n) is 2.14. The average Bonchev–Trinajstić information content (AvgIpc) is 2.98. The summed E-state index contributed by atoms with van der Waals surface area (Å²) in [5, 5.41) is 12.3. The summed E-state index contributed by atoms with van der Waals surface area (Å²) in [6, 6.07) is 16.0. The van der Waals surface area contributed by atoms with Gasteiger partial charge < -0.3 is 5.32 Å². The second-order valence-corrected chi connectivity index (χ2v) is 6.47. The third-order valence-corrected chi connectivity index (χ3v) is 4.34. The molecule has 3 aromatic rings. The first kappa shape index (κ1) is 15.4. The number of hydrogen-bond donors (Lipinski definition) is 1. The number of carbonyl (C=O) groups is 1. The lowest BCUT2D eigenvalue weighted by Crippen LogP contribution is -2.14. The van der Waals surface area contributed by atoms with Crippen molar-refractivity contribution in [3.05, 3.63) is 65.2 Å². The van der Waals surface area contributed by atoms with Gasteiger partial charge in [0.1, 0.15) is 5.01 Å². The molecule has 1 N–H and O–H groups in total. The van der Waals surface area contributed by atoms with Gasteiger partial charge in [-0.1, -0.05) is 71.0 Å². The molecule has 23 heavy (non-hydrogen) atoms. The van der Waals surface area contributed by atoms with Gasteiger partial charge in [-0.15, -0.1) is 10.2 Å². The summed E-state index contributed by atoms with van der Waals surface area (Å²) in [6.07, 6.45) is 0.333. The first-order valence-corrected chi connectivity index (χ1v) is 8.18. The number of aryl methyl sites for hydroxylation is 2. The fraction of sp³-hybridized carbons (Fsp3) is 0.167. The zero-order chi connectivity index (χ0) is 16.2. The van der Waals surface area contributed by atoms with Gasteiger partial charge in [-0.3, -0.25) is 4.79 Å². The maximum atomic E-state index is 12.1. The van der Waals surface area contributed by atoms with Crippen molar-refractivity contribution in [3.63, 3.8) is 0 Å². The summed E-state index contributed by atoms with van der Waals surface area (Å²) in [5.41, 5.74) is 4.37. The van der Waals surface area contributed by atoms with E-state index in [1.807, 2.05) is 62.4 Å². The minimum absolute atomic E-state index is 0.0829. The number of amides is 1. The van der Waals surface area contributed by atoms with E-state index in [1.165, 1.54) is 22.5 Å². The Morgan fingerprint density at radius 1 is 0.957 bits per heavy atom. The van der Waals surface area contributed by atoms with Crippen LogP contribution in [0.2, 0.25) is 0 Å². The quantitative estimate of drug-likeness (QED) is 0.789. The average molecular weight is 323 g/mol. The SMILES string of the molecule is Cc1ccc(CC(=O)Nc2nnc(-c3ccc(C)cc3)s2)cc1. The summed E-state index contributed by atoms with van der Waals surface area (Å²) in [7, 11) is 0. The van der Waals surface area contributed by atoms with E-state index in [2.05, 4.69) is 15.5 Å². The summed E-state index contributed by atoms with van der Waals surface area (Å²) >= 11 is 1.38. The normalized spacial score (nSPS) is 10.5. The Morgan fingerprint density at radius 3 is 2.22 bits per heavy atom. The summed E-state index contributed by atoms with van der Waals surface area (Å²) in [4.78, 5) is 12.1. The molecule has 0 saturated carbocycles. The summed E-state index contributed by atoms with van der Waals surface area (Å²) in [6.45, 7) is 4.07. The molecule has 1 aromatic heterocycles. The molecule has 0 unspecified atom stereocenters. The molecule has 1 heterocycles. The van der Waals surface area contributed by atoms with Crippen LogP contribution in [0.3, 0.4) is 0 Å². The Kier molecular flexibility index (Phi) is 4.48. The third-order valence-electron chi connectivity index (χ3n) is 3.46. The van der Waals surface area contributed by atoms with Crippen LogP contribution in [0.15, 0.2) is 48.5 Å². The maximum Gasteiger partial charge on any atom is 0.230 e. The van der Waals surface area contributed by atoms with Crippen LogP contribution in [0.1, 0.15) is 16.7 Å². The van der Waals surface area contributed by atoms with Crippen molar-refractivity contribution in [1.82, 2.24) is 10.2 Å². The molecule has 0 bridgehead atoms. The van der Waals surface area contributed by atoms with Crippen LogP contribution in [0.25, 0.3) is 10.6 Å². The molecule has 0 aliphatic heterocycles. The van der Waals surface area contributed by atoms with Gasteiger partial charge in [-0.2, -0.15) is 0 Å². The molecule has 0 saturated heterocycles. The molecule has 2 aromatic carbocycles. The molecule has 0 aliphatic carbocycles. The van der Waals surface area contributed by atoms with Crippen molar-refractivity contribution in [2.24, 2.45) is 0 Å². The maximum absolute atomic E-state index is 12.1. The van der Waals surface area contributed by atoms with Crippen LogP contribution in [0, 0.1) is 13.8 Å². The van der Waals surface area contributed by atoms with E-state index >= 15 is 0 Å². The Hall–Kier alpha value is -2.53. The highest BCUT2D eigenvalue weighted by molar-refractivity contribution is 7.18. The number of anilines is 1. The molecular weight excluding hydrogens is 306 g/mol. The third kappa shape index (κ3) is 4.02. The van der Waals surface area contributed by atoms with Gasteiger partial charge in [0.05, 0.1) is 6.42 Å². The van der Waals surface area contributed by atoms with Gasteiger partial charge in [0.25, 0.3) is 0 Å². The van der Waals surface area contributed by atoms with E-state index in [4.69, 9.17) is 0 Å². The lowest BCUT2D eigenvalue weighted by molar-refractivity contribution is -0.115. The van der Waals surface area contributed by atoms with Gasteiger partial charge in [-0.05, 0) is 19.4 Å². The molecule has 1 amide bonds. The molecule has 4 nitrogen and oxygen atoms in total. The van der Waals surface area contributed by atoms with Crippen molar-refractivity contribution >= 4 is 22.4 Å². The second-order valence-electron chi connectivity index (χ2n) is 5.49. The van der Waals surface area contributed by atoms with Crippen LogP contribution in [-0.2, 0) is 11.2 Å². The lowest BCUT2D eigenvalue weighted by atomic mass is 10.1. The van der Waals surface area contributed by atoms with Gasteiger partial charge in [0, 0.05) is 5.56 Å². The van der Waals surface area contributed by atoms with Crippen molar-refractivity contribution in [1.29, 1.82) is 0 Å². The van der Waals surface area contributed by atoms with E-state index < -0.39 is 0 Å². The van der Waals surface area contributed by atoms with E-state index in [1.54, 1.807) is 0 Å². The molecule has 0 fully saturated rings. The number of rotatable bonds is 4. The van der Waals surface area contributed by atoms with Crippen LogP contribution in [0.5, 0.6) is 0 Å². The number of benzene rings is 2. The molecule has 3 rings (SSSR count). The van der Waals surface area contributed by atoms with E-state index in [-0.39, 0.29) is 5.91 Å². The standard InChI is InChI=1S/C18H17N3OS/c1-12-3-7-14(8-4-12)11-16(22)19-18-21-20-17(23-18)15-9-5-13(2)6-10-15/h3-10H,11H2,1-2H3,(H,19,21,22). The number of aromatic nitrogens is 2. The van der Waals surface area contributed by atoms with Crippen molar-refractivity contribution in [3.8, 4) is 10.6 Å². The van der Waals surface area contributed by atoms with E-state index in [0.717, 1.165) is 16.1 Å². The summed E-state index contributed by atoms with van der Waals surface area (Å²) < 4.78 is 0. The van der Waals surface area contributed by atoms with Crippen LogP contribution >= 0.6 is 11.3 Å². The minimum atomic E-state index is -0.0829. The van der Waals surface area contributed by atoms with Gasteiger partial charge >= 0.3 is 0 Å². The first-order chi connectivity index (χ1) is 11.1. The first-order valence-electron chi connectivity index (χ1n) is 7.36. The smallest absolute Gasteiger partial charge is 0.230 e. The predicted octanol–water partition coefficient (Wildman–Crippen LogP) is 4.00. The molecule has 0 spiro atoms. The van der Waals surface area contributed by atoms with Gasteiger partial charge in [-0.25, -0.2) is 0 Å². The number of nitrogens with zero attached hydrogens (tertiary/aromatic N) is 2. The van der Waals surface area contributed by atoms with Crippen LogP contribution in [-0.4, -0.2) is 16.1 Å². The van der Waals surface area contributed by atoms with E-state index in [9.17, 15) is 4.79 Å². The highest BCUT2D eigenvalue weighted by Crippen LogP contribution is 2.26. The monoisotopic (exact) mass is 323 g/mol. The molecule has 5 heteroatoms. The minimum Gasteiger partial charge on any atom is -0.300 e. The van der Waals surface area contributed by atoms with Crippen LogP contribution < -0.4 is 5.32 Å². The van der Waals surface area contributed by atoms with E-state index in [0.29, 0.717) is 11.6 Å². The molecular formula is C18H17N3OS.